The largest absolute Gasteiger partial charge is 0.342 e. The number of carbonyl (C=O) groups is 2. The number of carbonyl (C=O) groups excluding carboxylic acids is 2. The molecule has 5 heteroatoms. The van der Waals surface area contributed by atoms with Crippen molar-refractivity contribution < 1.29 is 9.59 Å². The lowest BCUT2D eigenvalue weighted by Gasteiger charge is -2.38. The summed E-state index contributed by atoms with van der Waals surface area (Å²) in [6.45, 7) is 4.24. The Morgan fingerprint density at radius 3 is 2.42 bits per heavy atom. The third-order valence-corrected chi connectivity index (χ3v) is 5.44. The van der Waals surface area contributed by atoms with E-state index in [4.69, 9.17) is 5.73 Å². The second kappa shape index (κ2) is 7.34. The van der Waals surface area contributed by atoms with Gasteiger partial charge in [0.1, 0.15) is 0 Å². The second-order valence-corrected chi connectivity index (χ2v) is 6.97. The van der Waals surface area contributed by atoms with Crippen LogP contribution < -0.4 is 5.73 Å². The molecule has 0 bridgehead atoms. The Labute approximate surface area is 143 Å². The Balaban J connectivity index is 1.55. The summed E-state index contributed by atoms with van der Waals surface area (Å²) in [4.78, 5) is 28.6. The highest BCUT2D eigenvalue weighted by Gasteiger charge is 2.34. The molecule has 0 saturated carbocycles. The third-order valence-electron chi connectivity index (χ3n) is 5.44. The lowest BCUT2D eigenvalue weighted by atomic mass is 9.93. The smallest absolute Gasteiger partial charge is 0.227 e. The molecular formula is C19H27N3O2. The highest BCUT2D eigenvalue weighted by molar-refractivity contribution is 5.80. The molecule has 24 heavy (non-hydrogen) atoms. The average molecular weight is 329 g/mol. The summed E-state index contributed by atoms with van der Waals surface area (Å²) < 4.78 is 0. The molecule has 2 amide bonds. The maximum atomic E-state index is 12.8. The second-order valence-electron chi connectivity index (χ2n) is 6.97. The average Bonchev–Trinajstić information content (AvgIpc) is 3.06. The summed E-state index contributed by atoms with van der Waals surface area (Å²) in [6.07, 6.45) is 3.42. The molecule has 0 spiro atoms. The molecule has 1 aromatic carbocycles. The molecule has 0 radical (unpaired) electrons. The van der Waals surface area contributed by atoms with Gasteiger partial charge in [0.15, 0.2) is 0 Å². The predicted molar refractivity (Wildman–Crippen MR) is 93.1 cm³/mol. The van der Waals surface area contributed by atoms with E-state index in [1.807, 2.05) is 47.1 Å². The van der Waals surface area contributed by atoms with Gasteiger partial charge in [-0.05, 0) is 24.8 Å². The molecule has 0 unspecified atom stereocenters. The fourth-order valence-electron chi connectivity index (χ4n) is 3.86. The van der Waals surface area contributed by atoms with E-state index in [9.17, 15) is 9.59 Å². The van der Waals surface area contributed by atoms with Gasteiger partial charge >= 0.3 is 0 Å². The van der Waals surface area contributed by atoms with Crippen LogP contribution in [0, 0.1) is 5.92 Å². The van der Waals surface area contributed by atoms with Crippen LogP contribution in [0.2, 0.25) is 0 Å². The van der Waals surface area contributed by atoms with E-state index in [0.29, 0.717) is 12.5 Å². The highest BCUT2D eigenvalue weighted by Crippen LogP contribution is 2.25. The summed E-state index contributed by atoms with van der Waals surface area (Å²) in [5.74, 6) is 0.161. The minimum absolute atomic E-state index is 0.123. The van der Waals surface area contributed by atoms with Crippen LogP contribution >= 0.6 is 0 Å². The van der Waals surface area contributed by atoms with Gasteiger partial charge in [0.2, 0.25) is 11.8 Å². The van der Waals surface area contributed by atoms with Crippen LogP contribution in [0.25, 0.3) is 0 Å². The van der Waals surface area contributed by atoms with Gasteiger partial charge in [0, 0.05) is 38.1 Å². The zero-order valence-corrected chi connectivity index (χ0v) is 14.4. The maximum absolute atomic E-state index is 12.8. The van der Waals surface area contributed by atoms with Crippen molar-refractivity contribution in [3.63, 3.8) is 0 Å². The number of nitrogens with zero attached hydrogens (tertiary/aromatic N) is 2. The van der Waals surface area contributed by atoms with E-state index in [1.165, 1.54) is 0 Å². The van der Waals surface area contributed by atoms with Gasteiger partial charge in [-0.1, -0.05) is 37.3 Å². The van der Waals surface area contributed by atoms with Crippen LogP contribution in [0.3, 0.4) is 0 Å². The van der Waals surface area contributed by atoms with E-state index in [0.717, 1.165) is 44.5 Å². The van der Waals surface area contributed by atoms with Gasteiger partial charge in [-0.2, -0.15) is 0 Å². The van der Waals surface area contributed by atoms with Gasteiger partial charge in [-0.15, -0.1) is 0 Å². The standard InChI is InChI=1S/C19H27N3O2/c1-14(18(20)15-6-3-2-4-7-15)19(24)21-12-9-16(10-13-21)22-11-5-8-17(22)23/h2-4,6-7,14,16,18H,5,8-13,20H2,1H3/t14-,18-/m1/s1. The van der Waals surface area contributed by atoms with Crippen molar-refractivity contribution in [1.29, 1.82) is 0 Å². The minimum Gasteiger partial charge on any atom is -0.342 e. The number of hydrogen-bond donors (Lipinski definition) is 1. The summed E-state index contributed by atoms with van der Waals surface area (Å²) in [5, 5.41) is 0. The van der Waals surface area contributed by atoms with Crippen LogP contribution in [0.1, 0.15) is 44.2 Å². The molecule has 130 valence electrons. The Hall–Kier alpha value is -1.88. The summed E-state index contributed by atoms with van der Waals surface area (Å²) in [5.41, 5.74) is 7.29. The Morgan fingerprint density at radius 1 is 1.17 bits per heavy atom. The lowest BCUT2D eigenvalue weighted by molar-refractivity contribution is -0.138. The molecule has 2 saturated heterocycles. The van der Waals surface area contributed by atoms with Crippen molar-refractivity contribution in [2.45, 2.75) is 44.7 Å². The molecule has 0 aromatic heterocycles. The zero-order chi connectivity index (χ0) is 17.1. The number of rotatable bonds is 4. The van der Waals surface area contributed by atoms with E-state index < -0.39 is 0 Å². The first-order chi connectivity index (χ1) is 11.6. The molecular weight excluding hydrogens is 302 g/mol. The fraction of sp³-hybridized carbons (Fsp3) is 0.579. The van der Waals surface area contributed by atoms with Gasteiger partial charge < -0.3 is 15.5 Å². The number of nitrogens with two attached hydrogens (primary N) is 1. The van der Waals surface area contributed by atoms with E-state index in [2.05, 4.69) is 0 Å². The van der Waals surface area contributed by atoms with Gasteiger partial charge in [-0.25, -0.2) is 0 Å². The van der Waals surface area contributed by atoms with E-state index >= 15 is 0 Å². The molecule has 5 nitrogen and oxygen atoms in total. The predicted octanol–water partition coefficient (Wildman–Crippen LogP) is 1.94. The van der Waals surface area contributed by atoms with Crippen molar-refractivity contribution in [1.82, 2.24) is 9.80 Å². The van der Waals surface area contributed by atoms with Gasteiger partial charge in [0.25, 0.3) is 0 Å². The van der Waals surface area contributed by atoms with Crippen molar-refractivity contribution >= 4 is 11.8 Å². The SMILES string of the molecule is C[C@@H](C(=O)N1CCC(N2CCCC2=O)CC1)[C@@H](N)c1ccccc1. The number of benzene rings is 1. The normalized spacial score (nSPS) is 21.8. The quantitative estimate of drug-likeness (QED) is 0.918. The molecule has 0 aliphatic carbocycles. The zero-order valence-electron chi connectivity index (χ0n) is 14.4. The van der Waals surface area contributed by atoms with Crippen LogP contribution in [0.5, 0.6) is 0 Å². The van der Waals surface area contributed by atoms with Gasteiger partial charge in [-0.3, -0.25) is 9.59 Å². The molecule has 2 fully saturated rings. The van der Waals surface area contributed by atoms with Crippen LogP contribution in [0.15, 0.2) is 30.3 Å². The molecule has 1 aromatic rings. The maximum Gasteiger partial charge on any atom is 0.227 e. The minimum atomic E-state index is -0.281. The Kier molecular flexibility index (Phi) is 5.19. The first-order valence-electron chi connectivity index (χ1n) is 8.96. The van der Waals surface area contributed by atoms with Gasteiger partial charge in [0.05, 0.1) is 5.92 Å². The summed E-state index contributed by atoms with van der Waals surface area (Å²) in [6, 6.07) is 9.82. The first-order valence-corrected chi connectivity index (χ1v) is 8.96. The van der Waals surface area contributed by atoms with Crippen LogP contribution in [-0.2, 0) is 9.59 Å². The fourth-order valence-corrected chi connectivity index (χ4v) is 3.86. The monoisotopic (exact) mass is 329 g/mol. The van der Waals surface area contributed by atoms with E-state index in [1.54, 1.807) is 0 Å². The number of piperidine rings is 1. The molecule has 2 aliphatic rings. The highest BCUT2D eigenvalue weighted by atomic mass is 16.2. The number of likely N-dealkylation sites (tertiary alicyclic amines) is 2. The van der Waals surface area contributed by atoms with Crippen molar-refractivity contribution in [3.8, 4) is 0 Å². The van der Waals surface area contributed by atoms with Crippen molar-refractivity contribution in [2.24, 2.45) is 11.7 Å². The van der Waals surface area contributed by atoms with Crippen LogP contribution in [0.4, 0.5) is 0 Å². The number of hydrogen-bond acceptors (Lipinski definition) is 3. The lowest BCUT2D eigenvalue weighted by Crippen LogP contribution is -2.49. The third kappa shape index (κ3) is 3.46. The topological polar surface area (TPSA) is 66.6 Å². The Morgan fingerprint density at radius 2 is 1.83 bits per heavy atom. The number of amides is 2. The molecule has 2 atom stereocenters. The molecule has 2 N–H and O–H groups in total. The first kappa shape index (κ1) is 17.0. The van der Waals surface area contributed by atoms with Crippen molar-refractivity contribution in [2.75, 3.05) is 19.6 Å². The molecule has 3 rings (SSSR count). The Bertz CT molecular complexity index is 582. The van der Waals surface area contributed by atoms with Crippen LogP contribution in [-0.4, -0.2) is 47.3 Å². The van der Waals surface area contributed by atoms with E-state index in [-0.39, 0.29) is 23.8 Å². The summed E-state index contributed by atoms with van der Waals surface area (Å²) >= 11 is 0. The summed E-state index contributed by atoms with van der Waals surface area (Å²) in [7, 11) is 0. The molecule has 2 aliphatic heterocycles. The van der Waals surface area contributed by atoms with Crippen molar-refractivity contribution in [3.05, 3.63) is 35.9 Å². The molecule has 2 heterocycles.